The minimum atomic E-state index is -3.34. The average molecular weight is 338 g/mol. The van der Waals surface area contributed by atoms with E-state index in [4.69, 9.17) is 0 Å². The SMILES string of the molecule is Cc1cccc(CS(=O)(=O)NC[C@H](c2ccsc2)N(C)C)c1. The molecule has 0 unspecified atom stereocenters. The molecule has 2 aromatic rings. The molecule has 0 saturated carbocycles. The van der Waals surface area contributed by atoms with Crippen LogP contribution in [0.1, 0.15) is 22.7 Å². The molecular weight excluding hydrogens is 316 g/mol. The molecule has 0 aliphatic heterocycles. The van der Waals surface area contributed by atoms with E-state index >= 15 is 0 Å². The predicted octanol–water partition coefficient (Wildman–Crippen LogP) is 2.78. The molecule has 1 atom stereocenters. The van der Waals surface area contributed by atoms with Gasteiger partial charge in [0.25, 0.3) is 0 Å². The third-order valence-electron chi connectivity index (χ3n) is 3.49. The number of sulfonamides is 1. The fourth-order valence-electron chi connectivity index (χ4n) is 2.34. The van der Waals surface area contributed by atoms with E-state index in [0.717, 1.165) is 16.7 Å². The van der Waals surface area contributed by atoms with Gasteiger partial charge in [-0.2, -0.15) is 11.3 Å². The van der Waals surface area contributed by atoms with Crippen molar-refractivity contribution in [2.45, 2.75) is 18.7 Å². The summed E-state index contributed by atoms with van der Waals surface area (Å²) in [6.07, 6.45) is 0. The zero-order valence-corrected chi connectivity index (χ0v) is 14.7. The highest BCUT2D eigenvalue weighted by Crippen LogP contribution is 2.20. The van der Waals surface area contributed by atoms with Gasteiger partial charge in [0.1, 0.15) is 0 Å². The molecule has 0 amide bonds. The van der Waals surface area contributed by atoms with Gasteiger partial charge in [0.05, 0.1) is 5.75 Å². The van der Waals surface area contributed by atoms with Crippen molar-refractivity contribution in [2.24, 2.45) is 0 Å². The number of thiophene rings is 1. The van der Waals surface area contributed by atoms with Crippen LogP contribution in [0.3, 0.4) is 0 Å². The van der Waals surface area contributed by atoms with E-state index < -0.39 is 10.0 Å². The van der Waals surface area contributed by atoms with Crippen LogP contribution in [0.2, 0.25) is 0 Å². The Balaban J connectivity index is 2.02. The quantitative estimate of drug-likeness (QED) is 0.844. The first-order valence-corrected chi connectivity index (χ1v) is 9.68. The molecule has 1 aromatic carbocycles. The molecule has 0 saturated heterocycles. The van der Waals surface area contributed by atoms with Gasteiger partial charge >= 0.3 is 0 Å². The van der Waals surface area contributed by atoms with Crippen molar-refractivity contribution in [3.63, 3.8) is 0 Å². The standard InChI is InChI=1S/C16H22N2O2S2/c1-13-5-4-6-14(9-13)12-22(19,20)17-10-16(18(2)3)15-7-8-21-11-15/h4-9,11,16-17H,10,12H2,1-3H3/t16-/m1/s1. The number of nitrogens with zero attached hydrogens (tertiary/aromatic N) is 1. The lowest BCUT2D eigenvalue weighted by Gasteiger charge is -2.24. The molecule has 1 N–H and O–H groups in total. The summed E-state index contributed by atoms with van der Waals surface area (Å²) in [4.78, 5) is 2.03. The first kappa shape index (κ1) is 17.1. The van der Waals surface area contributed by atoms with Gasteiger partial charge in [-0.3, -0.25) is 0 Å². The second kappa shape index (κ2) is 7.37. The topological polar surface area (TPSA) is 49.4 Å². The maximum Gasteiger partial charge on any atom is 0.215 e. The summed E-state index contributed by atoms with van der Waals surface area (Å²) < 4.78 is 27.3. The average Bonchev–Trinajstić information content (AvgIpc) is 2.91. The summed E-state index contributed by atoms with van der Waals surface area (Å²) in [5.41, 5.74) is 3.01. The third-order valence-corrected chi connectivity index (χ3v) is 5.51. The second-order valence-corrected chi connectivity index (χ2v) is 8.22. The Morgan fingerprint density at radius 1 is 1.27 bits per heavy atom. The van der Waals surface area contributed by atoms with Gasteiger partial charge in [-0.1, -0.05) is 29.8 Å². The maximum absolute atomic E-state index is 12.3. The van der Waals surface area contributed by atoms with Crippen molar-refractivity contribution in [3.8, 4) is 0 Å². The van der Waals surface area contributed by atoms with Crippen molar-refractivity contribution < 1.29 is 8.42 Å². The highest BCUT2D eigenvalue weighted by molar-refractivity contribution is 7.88. The Kier molecular flexibility index (Phi) is 5.74. The summed E-state index contributed by atoms with van der Waals surface area (Å²) in [6.45, 7) is 2.33. The van der Waals surface area contributed by atoms with Crippen molar-refractivity contribution in [1.82, 2.24) is 9.62 Å². The van der Waals surface area contributed by atoms with Gasteiger partial charge in [0, 0.05) is 12.6 Å². The van der Waals surface area contributed by atoms with Crippen LogP contribution < -0.4 is 4.72 Å². The van der Waals surface area contributed by atoms with E-state index in [-0.39, 0.29) is 11.8 Å². The zero-order valence-electron chi connectivity index (χ0n) is 13.1. The predicted molar refractivity (Wildman–Crippen MR) is 92.6 cm³/mol. The molecule has 0 fully saturated rings. The van der Waals surface area contributed by atoms with Crippen LogP contribution in [0.4, 0.5) is 0 Å². The highest BCUT2D eigenvalue weighted by Gasteiger charge is 2.18. The molecular formula is C16H22N2O2S2. The van der Waals surface area contributed by atoms with Crippen LogP contribution >= 0.6 is 11.3 Å². The fraction of sp³-hybridized carbons (Fsp3) is 0.375. The first-order valence-electron chi connectivity index (χ1n) is 7.09. The Morgan fingerprint density at radius 2 is 2.05 bits per heavy atom. The Bertz CT molecular complexity index is 695. The number of nitrogens with one attached hydrogen (secondary N) is 1. The third kappa shape index (κ3) is 4.91. The monoisotopic (exact) mass is 338 g/mol. The molecule has 120 valence electrons. The van der Waals surface area contributed by atoms with Gasteiger partial charge in [-0.05, 0) is 49.0 Å². The van der Waals surface area contributed by atoms with Crippen LogP contribution in [-0.2, 0) is 15.8 Å². The summed E-state index contributed by atoms with van der Waals surface area (Å²) in [5, 5.41) is 4.06. The molecule has 0 radical (unpaired) electrons. The fourth-order valence-corrected chi connectivity index (χ4v) is 4.18. The first-order chi connectivity index (χ1) is 10.4. The molecule has 1 aromatic heterocycles. The Morgan fingerprint density at radius 3 is 2.64 bits per heavy atom. The van der Waals surface area contributed by atoms with Crippen molar-refractivity contribution in [3.05, 3.63) is 57.8 Å². The lowest BCUT2D eigenvalue weighted by Crippen LogP contribution is -2.35. The molecule has 0 aliphatic rings. The molecule has 6 heteroatoms. The zero-order chi connectivity index (χ0) is 16.2. The number of rotatable bonds is 7. The van der Waals surface area contributed by atoms with E-state index in [1.807, 2.05) is 61.6 Å². The summed E-state index contributed by atoms with van der Waals surface area (Å²) in [5.74, 6) is 0.0124. The van der Waals surface area contributed by atoms with Gasteiger partial charge in [-0.25, -0.2) is 13.1 Å². The van der Waals surface area contributed by atoms with Crippen LogP contribution in [0.15, 0.2) is 41.1 Å². The molecule has 22 heavy (non-hydrogen) atoms. The van der Waals surface area contributed by atoms with E-state index in [9.17, 15) is 8.42 Å². The van der Waals surface area contributed by atoms with Gasteiger partial charge in [-0.15, -0.1) is 0 Å². The van der Waals surface area contributed by atoms with Crippen molar-refractivity contribution in [1.29, 1.82) is 0 Å². The van der Waals surface area contributed by atoms with E-state index in [1.165, 1.54) is 0 Å². The molecule has 0 aliphatic carbocycles. The smallest absolute Gasteiger partial charge is 0.215 e. The summed E-state index contributed by atoms with van der Waals surface area (Å²) in [6, 6.07) is 9.66. The molecule has 1 heterocycles. The highest BCUT2D eigenvalue weighted by atomic mass is 32.2. The largest absolute Gasteiger partial charge is 0.301 e. The number of aryl methyl sites for hydroxylation is 1. The van der Waals surface area contributed by atoms with Crippen LogP contribution in [0, 0.1) is 6.92 Å². The van der Waals surface area contributed by atoms with E-state index in [1.54, 1.807) is 11.3 Å². The van der Waals surface area contributed by atoms with Gasteiger partial charge < -0.3 is 4.90 Å². The van der Waals surface area contributed by atoms with Crippen molar-refractivity contribution >= 4 is 21.4 Å². The maximum atomic E-state index is 12.3. The Labute approximate surface area is 136 Å². The minimum absolute atomic E-state index is 0.0124. The van der Waals surface area contributed by atoms with Crippen LogP contribution in [0.25, 0.3) is 0 Å². The minimum Gasteiger partial charge on any atom is -0.301 e. The second-order valence-electron chi connectivity index (χ2n) is 5.63. The Hall–Kier alpha value is -1.21. The van der Waals surface area contributed by atoms with E-state index in [0.29, 0.717) is 6.54 Å². The molecule has 0 spiro atoms. The number of hydrogen-bond acceptors (Lipinski definition) is 4. The summed E-state index contributed by atoms with van der Waals surface area (Å²) in [7, 11) is 0.567. The molecule has 0 bridgehead atoms. The van der Waals surface area contributed by atoms with Gasteiger partial charge in [0.2, 0.25) is 10.0 Å². The van der Waals surface area contributed by atoms with Gasteiger partial charge in [0.15, 0.2) is 0 Å². The molecule has 4 nitrogen and oxygen atoms in total. The van der Waals surface area contributed by atoms with Crippen LogP contribution in [0.5, 0.6) is 0 Å². The summed E-state index contributed by atoms with van der Waals surface area (Å²) >= 11 is 1.62. The number of benzene rings is 1. The van der Waals surface area contributed by atoms with Crippen molar-refractivity contribution in [2.75, 3.05) is 20.6 Å². The lowest BCUT2D eigenvalue weighted by atomic mass is 10.1. The number of likely N-dealkylation sites (N-methyl/N-ethyl adjacent to an activating group) is 1. The lowest BCUT2D eigenvalue weighted by molar-refractivity contribution is 0.300. The van der Waals surface area contributed by atoms with E-state index in [2.05, 4.69) is 10.1 Å². The number of hydrogen-bond donors (Lipinski definition) is 1. The normalized spacial score (nSPS) is 13.5. The molecule has 2 rings (SSSR count). The van der Waals surface area contributed by atoms with Crippen LogP contribution in [-0.4, -0.2) is 34.0 Å².